The number of nitrogens with one attached hydrogen (secondary N) is 2. The van der Waals surface area contributed by atoms with Gasteiger partial charge in [0.15, 0.2) is 0 Å². The first-order chi connectivity index (χ1) is 19.6. The van der Waals surface area contributed by atoms with Crippen LogP contribution in [0.25, 0.3) is 11.1 Å². The topological polar surface area (TPSA) is 142 Å². The summed E-state index contributed by atoms with van der Waals surface area (Å²) in [5.74, 6) is -1.03. The number of carbonyl (C=O) groups is 3. The summed E-state index contributed by atoms with van der Waals surface area (Å²) in [5.41, 5.74) is 4.70. The van der Waals surface area contributed by atoms with Gasteiger partial charge in [-0.2, -0.15) is 0 Å². The molecule has 0 saturated heterocycles. The van der Waals surface area contributed by atoms with Gasteiger partial charge < -0.3 is 39.4 Å². The fraction of sp³-hybridized carbons (Fsp3) is 0.483. The number of hydrogen-bond donors (Lipinski definition) is 3. The molecule has 0 heterocycles. The molecule has 0 saturated carbocycles. The van der Waals surface area contributed by atoms with Crippen molar-refractivity contribution in [2.75, 3.05) is 72.6 Å². The molecule has 0 bridgehead atoms. The van der Waals surface area contributed by atoms with E-state index in [1.54, 1.807) is 0 Å². The van der Waals surface area contributed by atoms with Crippen molar-refractivity contribution in [1.82, 2.24) is 10.6 Å². The first kappa shape index (κ1) is 31.0. The molecule has 0 radical (unpaired) electrons. The van der Waals surface area contributed by atoms with Gasteiger partial charge in [0.25, 0.3) is 0 Å². The molecule has 2 amide bonds. The highest BCUT2D eigenvalue weighted by Gasteiger charge is 2.28. The Morgan fingerprint density at radius 1 is 0.650 bits per heavy atom. The minimum Gasteiger partial charge on any atom is -0.481 e. The monoisotopic (exact) mass is 558 g/mol. The second kappa shape index (κ2) is 18.0. The highest BCUT2D eigenvalue weighted by Crippen LogP contribution is 2.44. The SMILES string of the molecule is O=C(O)CCOCCOCCNC(=O)CCOCCOCCNC(=O)OCC1c2ccccc2-c2ccccc21. The normalized spacial score (nSPS) is 12.0. The zero-order valence-corrected chi connectivity index (χ0v) is 22.6. The van der Waals surface area contributed by atoms with Crippen molar-refractivity contribution in [3.8, 4) is 11.1 Å². The van der Waals surface area contributed by atoms with Gasteiger partial charge in [0.05, 0.1) is 59.3 Å². The van der Waals surface area contributed by atoms with Crippen molar-refractivity contribution in [2.24, 2.45) is 0 Å². The van der Waals surface area contributed by atoms with Gasteiger partial charge in [0.2, 0.25) is 5.91 Å². The van der Waals surface area contributed by atoms with E-state index in [0.717, 1.165) is 0 Å². The first-order valence-corrected chi connectivity index (χ1v) is 13.4. The number of benzene rings is 2. The fourth-order valence-corrected chi connectivity index (χ4v) is 4.19. The molecule has 3 N–H and O–H groups in total. The van der Waals surface area contributed by atoms with Crippen LogP contribution in [0.2, 0.25) is 0 Å². The van der Waals surface area contributed by atoms with Crippen LogP contribution in [0.4, 0.5) is 4.79 Å². The van der Waals surface area contributed by atoms with E-state index >= 15 is 0 Å². The number of ether oxygens (including phenoxy) is 5. The Kier molecular flexibility index (Phi) is 13.9. The number of rotatable bonds is 20. The third kappa shape index (κ3) is 10.9. The molecule has 40 heavy (non-hydrogen) atoms. The van der Waals surface area contributed by atoms with E-state index in [-0.39, 0.29) is 44.5 Å². The molecular formula is C29H38N2O9. The highest BCUT2D eigenvalue weighted by atomic mass is 16.6. The zero-order valence-electron chi connectivity index (χ0n) is 22.6. The molecule has 0 unspecified atom stereocenters. The Morgan fingerprint density at radius 3 is 1.73 bits per heavy atom. The first-order valence-electron chi connectivity index (χ1n) is 13.4. The van der Waals surface area contributed by atoms with Gasteiger partial charge in [0.1, 0.15) is 6.61 Å². The number of alkyl carbamates (subject to hydrolysis) is 1. The summed E-state index contributed by atoms with van der Waals surface area (Å²) >= 11 is 0. The molecule has 0 aromatic heterocycles. The summed E-state index contributed by atoms with van der Waals surface area (Å²) in [5, 5.41) is 13.9. The van der Waals surface area contributed by atoms with Crippen LogP contribution in [-0.2, 0) is 33.3 Å². The lowest BCUT2D eigenvalue weighted by Crippen LogP contribution is -2.29. The predicted octanol–water partition coefficient (Wildman–Crippen LogP) is 2.57. The van der Waals surface area contributed by atoms with Gasteiger partial charge in [-0.25, -0.2) is 4.79 Å². The van der Waals surface area contributed by atoms with Crippen molar-refractivity contribution in [1.29, 1.82) is 0 Å². The van der Waals surface area contributed by atoms with E-state index in [1.165, 1.54) is 22.3 Å². The van der Waals surface area contributed by atoms with Gasteiger partial charge in [-0.05, 0) is 22.3 Å². The molecule has 1 aliphatic carbocycles. The molecule has 1 aliphatic rings. The fourth-order valence-electron chi connectivity index (χ4n) is 4.19. The van der Waals surface area contributed by atoms with Crippen LogP contribution in [0.15, 0.2) is 48.5 Å². The van der Waals surface area contributed by atoms with E-state index in [2.05, 4.69) is 34.9 Å². The lowest BCUT2D eigenvalue weighted by Gasteiger charge is -2.14. The molecule has 0 aliphatic heterocycles. The maximum Gasteiger partial charge on any atom is 0.407 e. The van der Waals surface area contributed by atoms with Crippen LogP contribution in [0, 0.1) is 0 Å². The summed E-state index contributed by atoms with van der Waals surface area (Å²) in [7, 11) is 0. The molecule has 11 nitrogen and oxygen atoms in total. The Balaban J connectivity index is 1.12. The van der Waals surface area contributed by atoms with E-state index in [1.807, 2.05) is 24.3 Å². The second-order valence-electron chi connectivity index (χ2n) is 8.95. The highest BCUT2D eigenvalue weighted by molar-refractivity contribution is 5.79. The Morgan fingerprint density at radius 2 is 1.15 bits per heavy atom. The zero-order chi connectivity index (χ0) is 28.4. The Hall–Kier alpha value is -3.51. The van der Waals surface area contributed by atoms with Crippen molar-refractivity contribution in [3.63, 3.8) is 0 Å². The predicted molar refractivity (Wildman–Crippen MR) is 146 cm³/mol. The minimum atomic E-state index is -0.902. The van der Waals surface area contributed by atoms with Crippen molar-refractivity contribution in [3.05, 3.63) is 59.7 Å². The average molecular weight is 559 g/mol. The van der Waals surface area contributed by atoms with Crippen molar-refractivity contribution < 1.29 is 43.2 Å². The van der Waals surface area contributed by atoms with Gasteiger partial charge in [-0.1, -0.05) is 48.5 Å². The van der Waals surface area contributed by atoms with E-state index in [4.69, 9.17) is 28.8 Å². The number of hydrogen-bond acceptors (Lipinski definition) is 8. The molecule has 0 atom stereocenters. The number of carbonyl (C=O) groups excluding carboxylic acids is 2. The molecule has 3 rings (SSSR count). The van der Waals surface area contributed by atoms with Gasteiger partial charge >= 0.3 is 12.1 Å². The van der Waals surface area contributed by atoms with Gasteiger partial charge in [-0.3, -0.25) is 9.59 Å². The maximum atomic E-state index is 12.2. The minimum absolute atomic E-state index is 0.0187. The van der Waals surface area contributed by atoms with E-state index < -0.39 is 12.1 Å². The number of amides is 2. The van der Waals surface area contributed by atoms with Crippen molar-refractivity contribution in [2.45, 2.75) is 18.8 Å². The quantitative estimate of drug-likeness (QED) is 0.209. The largest absolute Gasteiger partial charge is 0.481 e. The third-order valence-electron chi connectivity index (χ3n) is 6.11. The van der Waals surface area contributed by atoms with Crippen molar-refractivity contribution >= 4 is 18.0 Å². The van der Waals surface area contributed by atoms with E-state index in [9.17, 15) is 14.4 Å². The molecule has 11 heteroatoms. The molecule has 218 valence electrons. The van der Waals surface area contributed by atoms with Crippen LogP contribution in [-0.4, -0.2) is 95.6 Å². The van der Waals surface area contributed by atoms with Crippen LogP contribution >= 0.6 is 0 Å². The number of aliphatic carboxylic acids is 1. The number of carboxylic acids is 1. The lowest BCUT2D eigenvalue weighted by atomic mass is 9.98. The van der Waals surface area contributed by atoms with Gasteiger partial charge in [0, 0.05) is 25.4 Å². The average Bonchev–Trinajstić information content (AvgIpc) is 3.27. The standard InChI is InChI=1S/C29H38N2O9/c32-27(30-11-15-38-20-18-37-14-10-28(33)34)9-13-36-17-19-39-16-12-31-29(35)40-21-26-24-7-3-1-5-22(24)23-6-2-4-8-25(23)26/h1-8,26H,9-21H2,(H,30,32)(H,31,35)(H,33,34). The smallest absolute Gasteiger partial charge is 0.407 e. The Bertz CT molecular complexity index is 1030. The number of fused-ring (bicyclic) bond motifs is 3. The lowest BCUT2D eigenvalue weighted by molar-refractivity contribution is -0.138. The molecule has 0 spiro atoms. The second-order valence-corrected chi connectivity index (χ2v) is 8.95. The van der Waals surface area contributed by atoms with Crippen LogP contribution in [0.3, 0.4) is 0 Å². The summed E-state index contributed by atoms with van der Waals surface area (Å²) < 4.78 is 26.7. The van der Waals surface area contributed by atoms with Crippen LogP contribution in [0.1, 0.15) is 29.9 Å². The molecule has 2 aromatic carbocycles. The molecule has 2 aromatic rings. The van der Waals surface area contributed by atoms with Crippen LogP contribution in [0.5, 0.6) is 0 Å². The van der Waals surface area contributed by atoms with Gasteiger partial charge in [-0.15, -0.1) is 0 Å². The number of carboxylic acid groups (broad SMARTS) is 1. The van der Waals surface area contributed by atoms with Crippen LogP contribution < -0.4 is 10.6 Å². The summed E-state index contributed by atoms with van der Waals surface area (Å²) in [6.07, 6.45) is -0.297. The molecular weight excluding hydrogens is 520 g/mol. The van der Waals surface area contributed by atoms with E-state index in [0.29, 0.717) is 52.7 Å². The summed E-state index contributed by atoms with van der Waals surface area (Å²) in [6.45, 7) is 3.35. The Labute approximate surface area is 234 Å². The third-order valence-corrected chi connectivity index (χ3v) is 6.11. The molecule has 0 fully saturated rings. The summed E-state index contributed by atoms with van der Waals surface area (Å²) in [4.78, 5) is 34.3. The summed E-state index contributed by atoms with van der Waals surface area (Å²) in [6, 6.07) is 16.4. The maximum absolute atomic E-state index is 12.2.